The summed E-state index contributed by atoms with van der Waals surface area (Å²) in [6.45, 7) is 0. The van der Waals surface area contributed by atoms with Gasteiger partial charge in [0, 0.05) is 6.20 Å². The standard InChI is InChI=1S/C13H13N3O2/c1-18-11-6-4-10(5-7-11)9-13(17)15-12-3-2-8-14-16-12/h2-8H,9H2,1H3,(H,15,16,17). The highest BCUT2D eigenvalue weighted by atomic mass is 16.5. The summed E-state index contributed by atoms with van der Waals surface area (Å²) in [7, 11) is 1.61. The number of hydrogen-bond acceptors (Lipinski definition) is 4. The molecule has 5 nitrogen and oxygen atoms in total. The van der Waals surface area contributed by atoms with Gasteiger partial charge in [0.05, 0.1) is 13.5 Å². The van der Waals surface area contributed by atoms with Crippen LogP contribution in [0.5, 0.6) is 5.75 Å². The van der Waals surface area contributed by atoms with E-state index in [1.54, 1.807) is 25.4 Å². The molecule has 92 valence electrons. The highest BCUT2D eigenvalue weighted by Gasteiger charge is 2.04. The van der Waals surface area contributed by atoms with Crippen molar-refractivity contribution in [3.8, 4) is 5.75 Å². The predicted octanol–water partition coefficient (Wildman–Crippen LogP) is 1.67. The lowest BCUT2D eigenvalue weighted by Gasteiger charge is -2.04. The van der Waals surface area contributed by atoms with Crippen LogP contribution in [-0.2, 0) is 11.2 Å². The molecule has 0 radical (unpaired) electrons. The van der Waals surface area contributed by atoms with Gasteiger partial charge in [-0.1, -0.05) is 12.1 Å². The van der Waals surface area contributed by atoms with Crippen LogP contribution in [-0.4, -0.2) is 23.2 Å². The van der Waals surface area contributed by atoms with Crippen LogP contribution in [0.15, 0.2) is 42.6 Å². The fourth-order valence-electron chi connectivity index (χ4n) is 1.48. The minimum absolute atomic E-state index is 0.124. The van der Waals surface area contributed by atoms with E-state index in [2.05, 4.69) is 15.5 Å². The second kappa shape index (κ2) is 5.77. The molecule has 1 aromatic carbocycles. The molecule has 1 aromatic heterocycles. The average molecular weight is 243 g/mol. The summed E-state index contributed by atoms with van der Waals surface area (Å²) >= 11 is 0. The monoisotopic (exact) mass is 243 g/mol. The first kappa shape index (κ1) is 12.0. The van der Waals surface area contributed by atoms with Crippen LogP contribution in [0.25, 0.3) is 0 Å². The van der Waals surface area contributed by atoms with Gasteiger partial charge in [0.25, 0.3) is 0 Å². The molecule has 0 aliphatic rings. The first-order chi connectivity index (χ1) is 8.78. The number of methoxy groups -OCH3 is 1. The summed E-state index contributed by atoms with van der Waals surface area (Å²) < 4.78 is 5.05. The number of benzene rings is 1. The molecule has 18 heavy (non-hydrogen) atoms. The summed E-state index contributed by atoms with van der Waals surface area (Å²) in [5.74, 6) is 1.10. The Morgan fingerprint density at radius 2 is 2.06 bits per heavy atom. The third-order valence-corrected chi connectivity index (χ3v) is 2.36. The van der Waals surface area contributed by atoms with E-state index in [0.717, 1.165) is 11.3 Å². The van der Waals surface area contributed by atoms with Crippen molar-refractivity contribution in [2.24, 2.45) is 0 Å². The average Bonchev–Trinajstić information content (AvgIpc) is 2.40. The Bertz CT molecular complexity index is 512. The second-order valence-corrected chi connectivity index (χ2v) is 3.68. The fraction of sp³-hybridized carbons (Fsp3) is 0.154. The van der Waals surface area contributed by atoms with Crippen molar-refractivity contribution in [3.63, 3.8) is 0 Å². The molecule has 1 N–H and O–H groups in total. The molecular weight excluding hydrogens is 230 g/mol. The van der Waals surface area contributed by atoms with E-state index in [1.807, 2.05) is 24.3 Å². The number of rotatable bonds is 4. The van der Waals surface area contributed by atoms with Crippen molar-refractivity contribution in [1.29, 1.82) is 0 Å². The van der Waals surface area contributed by atoms with Gasteiger partial charge in [0.15, 0.2) is 5.82 Å². The number of amides is 1. The zero-order valence-corrected chi connectivity index (χ0v) is 9.96. The Labute approximate surface area is 105 Å². The van der Waals surface area contributed by atoms with Crippen LogP contribution in [0, 0.1) is 0 Å². The number of ether oxygens (including phenoxy) is 1. The molecule has 1 heterocycles. The van der Waals surface area contributed by atoms with Gasteiger partial charge in [0.2, 0.25) is 5.91 Å². The lowest BCUT2D eigenvalue weighted by molar-refractivity contribution is -0.115. The molecule has 0 spiro atoms. The molecule has 0 atom stereocenters. The number of nitrogens with one attached hydrogen (secondary N) is 1. The first-order valence-electron chi connectivity index (χ1n) is 5.48. The van der Waals surface area contributed by atoms with E-state index < -0.39 is 0 Å². The van der Waals surface area contributed by atoms with Gasteiger partial charge < -0.3 is 10.1 Å². The van der Waals surface area contributed by atoms with Crippen molar-refractivity contribution in [1.82, 2.24) is 10.2 Å². The minimum Gasteiger partial charge on any atom is -0.497 e. The van der Waals surface area contributed by atoms with Crippen LogP contribution in [0.2, 0.25) is 0 Å². The zero-order chi connectivity index (χ0) is 12.8. The summed E-state index contributed by atoms with van der Waals surface area (Å²) in [4.78, 5) is 11.7. The van der Waals surface area contributed by atoms with Crippen LogP contribution in [0.1, 0.15) is 5.56 Å². The number of aromatic nitrogens is 2. The van der Waals surface area contributed by atoms with Crippen LogP contribution in [0.4, 0.5) is 5.82 Å². The molecule has 2 aromatic rings. The van der Waals surface area contributed by atoms with E-state index in [-0.39, 0.29) is 5.91 Å². The lowest BCUT2D eigenvalue weighted by Crippen LogP contribution is -2.15. The fourth-order valence-corrected chi connectivity index (χ4v) is 1.48. The zero-order valence-electron chi connectivity index (χ0n) is 9.96. The number of nitrogens with zero attached hydrogens (tertiary/aromatic N) is 2. The normalized spacial score (nSPS) is 9.83. The van der Waals surface area contributed by atoms with Gasteiger partial charge in [-0.2, -0.15) is 5.10 Å². The van der Waals surface area contributed by atoms with Crippen LogP contribution in [0.3, 0.4) is 0 Å². The summed E-state index contributed by atoms with van der Waals surface area (Å²) in [6.07, 6.45) is 1.85. The van der Waals surface area contributed by atoms with E-state index >= 15 is 0 Å². The SMILES string of the molecule is COc1ccc(CC(=O)Nc2cccnn2)cc1. The molecule has 0 bridgehead atoms. The Morgan fingerprint density at radius 3 is 2.67 bits per heavy atom. The quantitative estimate of drug-likeness (QED) is 0.887. The molecule has 0 aliphatic heterocycles. The minimum atomic E-state index is -0.124. The van der Waals surface area contributed by atoms with Crippen LogP contribution >= 0.6 is 0 Å². The highest BCUT2D eigenvalue weighted by Crippen LogP contribution is 2.12. The molecule has 1 amide bonds. The summed E-state index contributed by atoms with van der Waals surface area (Å²) in [5.41, 5.74) is 0.914. The van der Waals surface area contributed by atoms with Crippen molar-refractivity contribution in [2.45, 2.75) is 6.42 Å². The summed E-state index contributed by atoms with van der Waals surface area (Å²) in [5, 5.41) is 10.1. The smallest absolute Gasteiger partial charge is 0.229 e. The third kappa shape index (κ3) is 3.28. The lowest BCUT2D eigenvalue weighted by atomic mass is 10.1. The molecule has 2 rings (SSSR count). The summed E-state index contributed by atoms with van der Waals surface area (Å²) in [6, 6.07) is 10.8. The number of anilines is 1. The highest BCUT2D eigenvalue weighted by molar-refractivity contribution is 5.91. The van der Waals surface area contributed by atoms with Crippen molar-refractivity contribution < 1.29 is 9.53 Å². The topological polar surface area (TPSA) is 64.1 Å². The van der Waals surface area contributed by atoms with Crippen molar-refractivity contribution in [2.75, 3.05) is 12.4 Å². The maximum Gasteiger partial charge on any atom is 0.229 e. The van der Waals surface area contributed by atoms with E-state index in [0.29, 0.717) is 12.2 Å². The molecule has 0 fully saturated rings. The Hall–Kier alpha value is -2.43. The Balaban J connectivity index is 1.94. The van der Waals surface area contributed by atoms with E-state index in [9.17, 15) is 4.79 Å². The van der Waals surface area contributed by atoms with Crippen molar-refractivity contribution in [3.05, 3.63) is 48.2 Å². The Kier molecular flexibility index (Phi) is 3.86. The number of carbonyl (C=O) groups excluding carboxylic acids is 1. The molecule has 5 heteroatoms. The number of carbonyl (C=O) groups is 1. The second-order valence-electron chi connectivity index (χ2n) is 3.68. The van der Waals surface area contributed by atoms with E-state index in [4.69, 9.17) is 4.74 Å². The van der Waals surface area contributed by atoms with Gasteiger partial charge in [-0.3, -0.25) is 4.79 Å². The number of hydrogen-bond donors (Lipinski definition) is 1. The largest absolute Gasteiger partial charge is 0.497 e. The van der Waals surface area contributed by atoms with E-state index in [1.165, 1.54) is 0 Å². The molecule has 0 saturated carbocycles. The first-order valence-corrected chi connectivity index (χ1v) is 5.48. The van der Waals surface area contributed by atoms with Gasteiger partial charge >= 0.3 is 0 Å². The molecular formula is C13H13N3O2. The maximum atomic E-state index is 11.7. The Morgan fingerprint density at radius 1 is 1.28 bits per heavy atom. The van der Waals surface area contributed by atoms with Crippen LogP contribution < -0.4 is 10.1 Å². The van der Waals surface area contributed by atoms with Gasteiger partial charge in [-0.25, -0.2) is 0 Å². The molecule has 0 aliphatic carbocycles. The molecule has 0 unspecified atom stereocenters. The van der Waals surface area contributed by atoms with Gasteiger partial charge in [-0.05, 0) is 29.8 Å². The maximum absolute atomic E-state index is 11.7. The van der Waals surface area contributed by atoms with Gasteiger partial charge in [-0.15, -0.1) is 5.10 Å². The third-order valence-electron chi connectivity index (χ3n) is 2.36. The predicted molar refractivity (Wildman–Crippen MR) is 67.4 cm³/mol. The van der Waals surface area contributed by atoms with Crippen molar-refractivity contribution >= 4 is 11.7 Å². The molecule has 0 saturated heterocycles. The van der Waals surface area contributed by atoms with Gasteiger partial charge in [0.1, 0.15) is 5.75 Å².